The molecule has 1 spiro atoms. The Labute approximate surface area is 350 Å². The summed E-state index contributed by atoms with van der Waals surface area (Å²) in [5, 5.41) is 12.0. The third-order valence-electron chi connectivity index (χ3n) is 13.1. The van der Waals surface area contributed by atoms with Gasteiger partial charge in [-0.2, -0.15) is 0 Å². The zero-order valence-corrected chi connectivity index (χ0v) is 34.4. The van der Waals surface area contributed by atoms with Crippen molar-refractivity contribution in [1.82, 2.24) is 4.90 Å². The zero-order chi connectivity index (χ0) is 41.8. The van der Waals surface area contributed by atoms with E-state index in [1.54, 1.807) is 21.8 Å². The fourth-order valence-corrected chi connectivity index (χ4v) is 10.3. The molecule has 3 heterocycles. The Morgan fingerprint density at radius 2 is 1.52 bits per heavy atom. The molecule has 9 heteroatoms. The van der Waals surface area contributed by atoms with Gasteiger partial charge in [-0.15, -0.1) is 0 Å². The topological polar surface area (TPSA) is 99.6 Å². The summed E-state index contributed by atoms with van der Waals surface area (Å²) in [7, 11) is 1.64. The van der Waals surface area contributed by atoms with Crippen LogP contribution in [0.2, 0.25) is 0 Å². The van der Waals surface area contributed by atoms with Crippen LogP contribution in [0.1, 0.15) is 59.8 Å². The molecular weight excluding hydrogens is 751 g/mol. The average Bonchev–Trinajstić information content (AvgIpc) is 3.82. The van der Waals surface area contributed by atoms with Crippen molar-refractivity contribution in [3.05, 3.63) is 167 Å². The molecule has 0 aromatic heterocycles. The first kappa shape index (κ1) is 39.2. The molecule has 0 aliphatic carbocycles. The maximum Gasteiger partial charge on any atom is 0.264 e. The van der Waals surface area contributed by atoms with Gasteiger partial charge in [-0.3, -0.25) is 19.3 Å². The van der Waals surface area contributed by atoms with E-state index in [2.05, 4.69) is 32.9 Å². The largest absolute Gasteiger partial charge is 0.497 e. The van der Waals surface area contributed by atoms with Crippen LogP contribution in [0.5, 0.6) is 5.75 Å². The van der Waals surface area contributed by atoms with Crippen molar-refractivity contribution < 1.29 is 29.0 Å². The molecule has 304 valence electrons. The highest BCUT2D eigenvalue weighted by molar-refractivity contribution is 6.27. The van der Waals surface area contributed by atoms with E-state index in [4.69, 9.17) is 9.47 Å². The number of nitrogens with zero attached hydrogens (tertiary/aromatic N) is 3. The summed E-state index contributed by atoms with van der Waals surface area (Å²) < 4.78 is 12.7. The molecule has 3 aliphatic heterocycles. The minimum Gasteiger partial charge on any atom is -0.497 e. The lowest BCUT2D eigenvalue weighted by Gasteiger charge is -2.39. The van der Waals surface area contributed by atoms with Crippen LogP contribution in [-0.2, 0) is 38.4 Å². The van der Waals surface area contributed by atoms with E-state index in [-0.39, 0.29) is 55.7 Å². The highest BCUT2D eigenvalue weighted by atomic mass is 16.5. The summed E-state index contributed by atoms with van der Waals surface area (Å²) in [5.41, 5.74) is 4.70. The van der Waals surface area contributed by atoms with Gasteiger partial charge in [0, 0.05) is 41.6 Å². The van der Waals surface area contributed by atoms with Gasteiger partial charge >= 0.3 is 0 Å². The molecule has 3 amide bonds. The molecule has 6 aromatic rings. The highest BCUT2D eigenvalue weighted by Crippen LogP contribution is 2.60. The van der Waals surface area contributed by atoms with E-state index in [0.29, 0.717) is 12.1 Å². The Morgan fingerprint density at radius 3 is 2.27 bits per heavy atom. The predicted octanol–water partition coefficient (Wildman–Crippen LogP) is 8.92. The first-order valence-electron chi connectivity index (χ1n) is 20.7. The summed E-state index contributed by atoms with van der Waals surface area (Å²) >= 11 is 0. The number of ether oxygens (including phenoxy) is 2. The number of amides is 3. The van der Waals surface area contributed by atoms with Crippen molar-refractivity contribution in [3.8, 4) is 5.75 Å². The van der Waals surface area contributed by atoms with E-state index in [1.165, 1.54) is 0 Å². The Hall–Kier alpha value is -6.29. The van der Waals surface area contributed by atoms with Gasteiger partial charge in [0.05, 0.1) is 49.7 Å². The number of hydrogen-bond donors (Lipinski definition) is 1. The number of fused-ring (bicyclic) bond motifs is 2. The molecule has 0 bridgehead atoms. The van der Waals surface area contributed by atoms with E-state index in [1.807, 2.05) is 127 Å². The number of hydrogen-bond acceptors (Lipinski definition) is 6. The van der Waals surface area contributed by atoms with Crippen LogP contribution in [0.15, 0.2) is 140 Å². The van der Waals surface area contributed by atoms with Crippen molar-refractivity contribution in [2.75, 3.05) is 30.1 Å². The number of carbonyl (C=O) groups is 3. The number of anilines is 3. The van der Waals surface area contributed by atoms with Crippen molar-refractivity contribution >= 4 is 45.6 Å². The summed E-state index contributed by atoms with van der Waals surface area (Å²) in [4.78, 5) is 49.0. The van der Waals surface area contributed by atoms with Crippen molar-refractivity contribution in [3.63, 3.8) is 0 Å². The maximum atomic E-state index is 15.5. The Bertz CT molecular complexity index is 2600. The Kier molecular flexibility index (Phi) is 10.0. The van der Waals surface area contributed by atoms with Gasteiger partial charge in [-0.05, 0) is 70.0 Å². The minimum atomic E-state index is -1.38. The lowest BCUT2D eigenvalue weighted by molar-refractivity contribution is -0.150. The quantitative estimate of drug-likeness (QED) is 0.133. The second-order valence-electron chi connectivity index (χ2n) is 16.8. The SMILES string of the molecule is COc1ccc(C(C)(C)[C@H]2[C@H](CC(=O)N(CCO)Cc3ccccc3)O[C@@]3(C(=O)N(Cc4cccc(N5C(=O)c6cccc7cccc5c67)c4)c4ccccc43)[C@@H]2C)cc1. The molecular formula is C51H49N3O6. The van der Waals surface area contributed by atoms with Crippen LogP contribution in [0.4, 0.5) is 17.1 Å². The Balaban J connectivity index is 1.07. The van der Waals surface area contributed by atoms with E-state index >= 15 is 4.79 Å². The first-order valence-corrected chi connectivity index (χ1v) is 20.7. The molecule has 4 atom stereocenters. The van der Waals surface area contributed by atoms with E-state index in [0.717, 1.165) is 55.8 Å². The van der Waals surface area contributed by atoms with Crippen LogP contribution < -0.4 is 14.5 Å². The fraction of sp³-hybridized carbons (Fsp3) is 0.275. The molecule has 1 fully saturated rings. The zero-order valence-electron chi connectivity index (χ0n) is 34.4. The molecule has 1 N–H and O–H groups in total. The lowest BCUT2D eigenvalue weighted by atomic mass is 9.63. The molecule has 0 saturated carbocycles. The van der Waals surface area contributed by atoms with Gasteiger partial charge in [0.15, 0.2) is 5.60 Å². The average molecular weight is 800 g/mol. The number of aliphatic hydroxyl groups is 1. The highest BCUT2D eigenvalue weighted by Gasteiger charge is 2.66. The van der Waals surface area contributed by atoms with E-state index < -0.39 is 17.1 Å². The molecule has 60 heavy (non-hydrogen) atoms. The summed E-state index contributed by atoms with van der Waals surface area (Å²) in [6, 6.07) is 45.2. The maximum absolute atomic E-state index is 15.5. The standard InChI is InChI=1S/C51H49N3O6/c1-33-47(50(2,3)37-23-25-39(59-4)26-24-37)44(30-45(56)52(27-28-55)31-34-13-6-5-7-14-34)60-51(33)41-20-8-9-21-42(41)53(49(51)58)32-35-15-10-18-38(29-35)54-43-22-12-17-36-16-11-19-40(46(36)43)48(54)57/h5-26,29,33,44,47,55H,27-28,30-32H2,1-4H3/t33-,44+,47-,51+/m1/s1. The van der Waals surface area contributed by atoms with Crippen LogP contribution >= 0.6 is 0 Å². The van der Waals surface area contributed by atoms with Gasteiger partial charge in [-0.1, -0.05) is 118 Å². The molecule has 1 saturated heterocycles. The van der Waals surface area contributed by atoms with Gasteiger partial charge in [0.2, 0.25) is 5.91 Å². The minimum absolute atomic E-state index is 0.0275. The summed E-state index contributed by atoms with van der Waals surface area (Å²) in [6.07, 6.45) is -0.618. The second-order valence-corrected chi connectivity index (χ2v) is 16.8. The van der Waals surface area contributed by atoms with Crippen LogP contribution in [0.25, 0.3) is 10.8 Å². The third-order valence-corrected chi connectivity index (χ3v) is 13.1. The van der Waals surface area contributed by atoms with Crippen molar-refractivity contribution in [2.45, 2.75) is 57.4 Å². The first-order chi connectivity index (χ1) is 29.1. The smallest absolute Gasteiger partial charge is 0.264 e. The number of carbonyl (C=O) groups excluding carboxylic acids is 3. The summed E-state index contributed by atoms with van der Waals surface area (Å²) in [5.74, 6) is -0.324. The van der Waals surface area contributed by atoms with Gasteiger partial charge in [0.25, 0.3) is 11.8 Å². The molecule has 6 aromatic carbocycles. The second kappa shape index (κ2) is 15.4. The van der Waals surface area contributed by atoms with E-state index in [9.17, 15) is 14.7 Å². The number of aliphatic hydroxyl groups excluding tert-OH is 1. The molecule has 9 rings (SSSR count). The summed E-state index contributed by atoms with van der Waals surface area (Å²) in [6.45, 7) is 7.01. The molecule has 3 aliphatic rings. The monoisotopic (exact) mass is 799 g/mol. The molecule has 9 nitrogen and oxygen atoms in total. The van der Waals surface area contributed by atoms with Crippen LogP contribution in [0.3, 0.4) is 0 Å². The van der Waals surface area contributed by atoms with Gasteiger partial charge in [-0.25, -0.2) is 0 Å². The molecule has 0 unspecified atom stereocenters. The van der Waals surface area contributed by atoms with Crippen molar-refractivity contribution in [1.29, 1.82) is 0 Å². The van der Waals surface area contributed by atoms with Crippen LogP contribution in [0, 0.1) is 11.8 Å². The van der Waals surface area contributed by atoms with Crippen molar-refractivity contribution in [2.24, 2.45) is 11.8 Å². The predicted molar refractivity (Wildman–Crippen MR) is 233 cm³/mol. The van der Waals surface area contributed by atoms with Gasteiger partial charge < -0.3 is 24.4 Å². The molecule has 0 radical (unpaired) electrons. The van der Waals surface area contributed by atoms with Crippen LogP contribution in [-0.4, -0.2) is 54.1 Å². The third kappa shape index (κ3) is 6.35. The number of rotatable bonds is 12. The van der Waals surface area contributed by atoms with Gasteiger partial charge in [0.1, 0.15) is 5.75 Å². The lowest BCUT2D eigenvalue weighted by Crippen LogP contribution is -2.45. The number of para-hydroxylation sites is 1. The Morgan fingerprint density at radius 1 is 0.833 bits per heavy atom. The number of benzene rings is 6. The number of methoxy groups -OCH3 is 1. The fourth-order valence-electron chi connectivity index (χ4n) is 10.3. The normalized spacial score (nSPS) is 20.6.